The van der Waals surface area contributed by atoms with E-state index in [-0.39, 0.29) is 6.04 Å². The van der Waals surface area contributed by atoms with E-state index in [1.54, 1.807) is 0 Å². The summed E-state index contributed by atoms with van der Waals surface area (Å²) < 4.78 is 5.07. The van der Waals surface area contributed by atoms with E-state index in [1.165, 1.54) is 0 Å². The number of rotatable bonds is 4. The zero-order valence-corrected chi connectivity index (χ0v) is 6.18. The third-order valence-electron chi connectivity index (χ3n) is 1.13. The second-order valence-corrected chi connectivity index (χ2v) is 2.11. The first-order valence-corrected chi connectivity index (χ1v) is 3.17. The van der Waals surface area contributed by atoms with E-state index in [0.717, 1.165) is 12.2 Å². The molecule has 0 saturated carbocycles. The molecule has 0 saturated heterocycles. The monoisotopic (exact) mass is 129 g/mol. The Kier molecular flexibility index (Phi) is 4.36. The molecule has 0 heterocycles. The van der Waals surface area contributed by atoms with Crippen molar-refractivity contribution in [2.24, 2.45) is 5.73 Å². The molecule has 1 unspecified atom stereocenters. The lowest BCUT2D eigenvalue weighted by Crippen LogP contribution is -2.26. The summed E-state index contributed by atoms with van der Waals surface area (Å²) in [5.41, 5.74) is 6.55. The molecule has 0 aliphatic rings. The number of nitrogens with two attached hydrogens (primary N) is 1. The van der Waals surface area contributed by atoms with Crippen LogP contribution in [0.2, 0.25) is 0 Å². The summed E-state index contributed by atoms with van der Waals surface area (Å²) in [6, 6.07) is 0.00458. The zero-order valence-electron chi connectivity index (χ0n) is 6.18. The van der Waals surface area contributed by atoms with E-state index in [2.05, 4.69) is 6.58 Å². The van der Waals surface area contributed by atoms with Crippen LogP contribution >= 0.6 is 0 Å². The highest BCUT2D eigenvalue weighted by atomic mass is 16.5. The van der Waals surface area contributed by atoms with Crippen molar-refractivity contribution in [3.63, 3.8) is 0 Å². The minimum Gasteiger partial charge on any atom is -0.380 e. The molecule has 0 bridgehead atoms. The van der Waals surface area contributed by atoms with Gasteiger partial charge in [-0.15, -0.1) is 0 Å². The number of hydrogen-bond acceptors (Lipinski definition) is 2. The topological polar surface area (TPSA) is 35.2 Å². The lowest BCUT2D eigenvalue weighted by atomic mass is 10.2. The van der Waals surface area contributed by atoms with Crippen LogP contribution < -0.4 is 5.73 Å². The minimum atomic E-state index is 0.00458. The Morgan fingerprint density at radius 3 is 2.67 bits per heavy atom. The van der Waals surface area contributed by atoms with E-state index >= 15 is 0 Å². The smallest absolute Gasteiger partial charge is 0.0655 e. The SMILES string of the molecule is C=C(C)C(N)COCC. The van der Waals surface area contributed by atoms with Crippen molar-refractivity contribution < 1.29 is 4.74 Å². The molecule has 0 amide bonds. The standard InChI is InChI=1S/C7H15NO/c1-4-9-5-7(8)6(2)3/h7H,2,4-5,8H2,1,3H3. The lowest BCUT2D eigenvalue weighted by Gasteiger charge is -2.09. The van der Waals surface area contributed by atoms with Crippen molar-refractivity contribution in [2.75, 3.05) is 13.2 Å². The quantitative estimate of drug-likeness (QED) is 0.573. The average Bonchev–Trinajstić information content (AvgIpc) is 1.82. The first-order valence-electron chi connectivity index (χ1n) is 3.17. The molecule has 0 aliphatic carbocycles. The van der Waals surface area contributed by atoms with Gasteiger partial charge in [0.25, 0.3) is 0 Å². The van der Waals surface area contributed by atoms with E-state index in [0.29, 0.717) is 6.61 Å². The van der Waals surface area contributed by atoms with Crippen LogP contribution in [0.15, 0.2) is 12.2 Å². The van der Waals surface area contributed by atoms with Crippen LogP contribution in [-0.2, 0) is 4.74 Å². The number of hydrogen-bond donors (Lipinski definition) is 1. The summed E-state index contributed by atoms with van der Waals surface area (Å²) in [7, 11) is 0. The van der Waals surface area contributed by atoms with Gasteiger partial charge >= 0.3 is 0 Å². The van der Waals surface area contributed by atoms with Crippen LogP contribution in [-0.4, -0.2) is 19.3 Å². The van der Waals surface area contributed by atoms with Gasteiger partial charge in [-0.25, -0.2) is 0 Å². The van der Waals surface area contributed by atoms with Gasteiger partial charge in [0.05, 0.1) is 6.61 Å². The normalized spacial score (nSPS) is 13.2. The number of ether oxygens (including phenoxy) is 1. The Labute approximate surface area is 56.7 Å². The van der Waals surface area contributed by atoms with Gasteiger partial charge in [0.1, 0.15) is 0 Å². The fourth-order valence-electron chi connectivity index (χ4n) is 0.387. The van der Waals surface area contributed by atoms with Gasteiger partial charge in [-0.05, 0) is 13.8 Å². The molecule has 0 spiro atoms. The van der Waals surface area contributed by atoms with Gasteiger partial charge < -0.3 is 10.5 Å². The van der Waals surface area contributed by atoms with Crippen LogP contribution in [0.25, 0.3) is 0 Å². The third-order valence-corrected chi connectivity index (χ3v) is 1.13. The predicted octanol–water partition coefficient (Wildman–Crippen LogP) is 0.926. The van der Waals surface area contributed by atoms with E-state index < -0.39 is 0 Å². The molecule has 0 rings (SSSR count). The van der Waals surface area contributed by atoms with Crippen molar-refractivity contribution in [1.29, 1.82) is 0 Å². The first-order chi connectivity index (χ1) is 4.18. The molecule has 1 atom stereocenters. The highest BCUT2D eigenvalue weighted by molar-refractivity contribution is 4.99. The van der Waals surface area contributed by atoms with Crippen LogP contribution in [0.1, 0.15) is 13.8 Å². The van der Waals surface area contributed by atoms with Gasteiger partial charge in [0.2, 0.25) is 0 Å². The summed E-state index contributed by atoms with van der Waals surface area (Å²) >= 11 is 0. The maximum atomic E-state index is 5.58. The largest absolute Gasteiger partial charge is 0.380 e. The third kappa shape index (κ3) is 4.18. The van der Waals surface area contributed by atoms with Crippen LogP contribution in [0.3, 0.4) is 0 Å². The maximum Gasteiger partial charge on any atom is 0.0655 e. The zero-order chi connectivity index (χ0) is 7.28. The van der Waals surface area contributed by atoms with Gasteiger partial charge in [0.15, 0.2) is 0 Å². The van der Waals surface area contributed by atoms with Crippen molar-refractivity contribution in [3.8, 4) is 0 Å². The Balaban J connectivity index is 3.27. The highest BCUT2D eigenvalue weighted by Gasteiger charge is 1.99. The second-order valence-electron chi connectivity index (χ2n) is 2.11. The molecular formula is C7H15NO. The Hall–Kier alpha value is -0.340. The Bertz CT molecular complexity index is 90.9. The molecule has 2 nitrogen and oxygen atoms in total. The van der Waals surface area contributed by atoms with E-state index in [1.807, 2.05) is 13.8 Å². The van der Waals surface area contributed by atoms with Crippen LogP contribution in [0, 0.1) is 0 Å². The van der Waals surface area contributed by atoms with Gasteiger partial charge in [-0.2, -0.15) is 0 Å². The molecule has 0 fully saturated rings. The first kappa shape index (κ1) is 8.66. The summed E-state index contributed by atoms with van der Waals surface area (Å²) in [5, 5.41) is 0. The summed E-state index contributed by atoms with van der Waals surface area (Å²) in [4.78, 5) is 0. The van der Waals surface area contributed by atoms with Gasteiger partial charge in [-0.3, -0.25) is 0 Å². The fourth-order valence-corrected chi connectivity index (χ4v) is 0.387. The summed E-state index contributed by atoms with van der Waals surface area (Å²) in [6.45, 7) is 8.87. The van der Waals surface area contributed by atoms with E-state index in [4.69, 9.17) is 10.5 Å². The molecule has 2 heteroatoms. The van der Waals surface area contributed by atoms with Crippen molar-refractivity contribution >= 4 is 0 Å². The fraction of sp³-hybridized carbons (Fsp3) is 0.714. The molecule has 54 valence electrons. The highest BCUT2D eigenvalue weighted by Crippen LogP contribution is 1.93. The molecule has 0 aromatic carbocycles. The molecule has 2 N–H and O–H groups in total. The molecule has 0 aromatic rings. The Morgan fingerprint density at radius 2 is 2.33 bits per heavy atom. The van der Waals surface area contributed by atoms with Crippen molar-refractivity contribution in [3.05, 3.63) is 12.2 Å². The lowest BCUT2D eigenvalue weighted by molar-refractivity contribution is 0.140. The molecule has 9 heavy (non-hydrogen) atoms. The van der Waals surface area contributed by atoms with Crippen LogP contribution in [0.4, 0.5) is 0 Å². The molecular weight excluding hydrogens is 114 g/mol. The molecule has 0 aromatic heterocycles. The molecule has 0 radical (unpaired) electrons. The minimum absolute atomic E-state index is 0.00458. The van der Waals surface area contributed by atoms with Crippen molar-refractivity contribution in [1.82, 2.24) is 0 Å². The van der Waals surface area contributed by atoms with Crippen molar-refractivity contribution in [2.45, 2.75) is 19.9 Å². The predicted molar refractivity (Wildman–Crippen MR) is 39.3 cm³/mol. The van der Waals surface area contributed by atoms with Gasteiger partial charge in [0, 0.05) is 12.6 Å². The van der Waals surface area contributed by atoms with Crippen LogP contribution in [0.5, 0.6) is 0 Å². The summed E-state index contributed by atoms with van der Waals surface area (Å²) in [6.07, 6.45) is 0. The van der Waals surface area contributed by atoms with Gasteiger partial charge in [-0.1, -0.05) is 12.2 Å². The maximum absolute atomic E-state index is 5.58. The Morgan fingerprint density at radius 1 is 1.78 bits per heavy atom. The van der Waals surface area contributed by atoms with E-state index in [9.17, 15) is 0 Å². The average molecular weight is 129 g/mol. The molecule has 0 aliphatic heterocycles. The second kappa shape index (κ2) is 4.53. The summed E-state index contributed by atoms with van der Waals surface area (Å²) in [5.74, 6) is 0.